The molecule has 0 saturated carbocycles. The molecule has 0 aliphatic carbocycles. The second-order valence-corrected chi connectivity index (χ2v) is 5.84. The summed E-state index contributed by atoms with van der Waals surface area (Å²) in [5.41, 5.74) is 1.63. The van der Waals surface area contributed by atoms with Crippen LogP contribution in [-0.2, 0) is 4.74 Å². The Morgan fingerprint density at radius 1 is 1.08 bits per heavy atom. The molecular formula is C17H15ClN4O2. The van der Waals surface area contributed by atoms with E-state index in [4.69, 9.17) is 20.9 Å². The molecule has 7 heteroatoms. The largest absolute Gasteiger partial charge is 0.378 e. The van der Waals surface area contributed by atoms with E-state index in [1.807, 2.05) is 36.4 Å². The van der Waals surface area contributed by atoms with Gasteiger partial charge in [-0.15, -0.1) is 0 Å². The van der Waals surface area contributed by atoms with Crippen molar-refractivity contribution in [3.8, 4) is 22.8 Å². The zero-order chi connectivity index (χ0) is 16.4. The number of hydrogen-bond acceptors (Lipinski definition) is 6. The van der Waals surface area contributed by atoms with E-state index in [1.54, 1.807) is 6.20 Å². The standard InChI is InChI=1S/C17H15ClN4O2/c18-13-4-1-3-12(11-13)15-20-17(24-21-15)14-5-2-6-19-16(14)22-7-9-23-10-8-22/h1-6,11H,7-10H2. The first-order chi connectivity index (χ1) is 11.8. The Balaban J connectivity index is 1.70. The van der Waals surface area contributed by atoms with Crippen molar-refractivity contribution in [2.24, 2.45) is 0 Å². The third-order valence-electron chi connectivity index (χ3n) is 3.84. The van der Waals surface area contributed by atoms with E-state index in [-0.39, 0.29) is 0 Å². The predicted octanol–water partition coefficient (Wildman–Crippen LogP) is 3.29. The van der Waals surface area contributed by atoms with Crippen LogP contribution < -0.4 is 4.90 Å². The highest BCUT2D eigenvalue weighted by Crippen LogP contribution is 2.30. The first-order valence-corrected chi connectivity index (χ1v) is 8.07. The summed E-state index contributed by atoms with van der Waals surface area (Å²) < 4.78 is 10.9. The number of ether oxygens (including phenoxy) is 1. The number of morpholine rings is 1. The average molecular weight is 343 g/mol. The average Bonchev–Trinajstić information content (AvgIpc) is 3.12. The quantitative estimate of drug-likeness (QED) is 0.727. The summed E-state index contributed by atoms with van der Waals surface area (Å²) in [6, 6.07) is 11.2. The lowest BCUT2D eigenvalue weighted by Gasteiger charge is -2.28. The van der Waals surface area contributed by atoms with Gasteiger partial charge in [-0.2, -0.15) is 4.98 Å². The van der Waals surface area contributed by atoms with E-state index in [2.05, 4.69) is 20.0 Å². The lowest BCUT2D eigenvalue weighted by Crippen LogP contribution is -2.37. The second kappa shape index (κ2) is 6.59. The maximum Gasteiger partial charge on any atom is 0.261 e. The van der Waals surface area contributed by atoms with E-state index in [9.17, 15) is 0 Å². The van der Waals surface area contributed by atoms with E-state index in [1.165, 1.54) is 0 Å². The molecule has 2 aromatic heterocycles. The smallest absolute Gasteiger partial charge is 0.261 e. The minimum absolute atomic E-state index is 0.444. The minimum Gasteiger partial charge on any atom is -0.378 e. The van der Waals surface area contributed by atoms with Gasteiger partial charge in [0.2, 0.25) is 5.82 Å². The molecule has 4 rings (SSSR count). The Kier molecular flexibility index (Phi) is 4.15. The third-order valence-corrected chi connectivity index (χ3v) is 4.07. The molecule has 0 radical (unpaired) electrons. The number of anilines is 1. The Morgan fingerprint density at radius 2 is 1.96 bits per heavy atom. The normalized spacial score (nSPS) is 14.8. The molecule has 0 bridgehead atoms. The van der Waals surface area contributed by atoms with Crippen LogP contribution in [0.3, 0.4) is 0 Å². The van der Waals surface area contributed by atoms with E-state index >= 15 is 0 Å². The molecule has 3 aromatic rings. The highest BCUT2D eigenvalue weighted by Gasteiger charge is 2.20. The van der Waals surface area contributed by atoms with Crippen LogP contribution in [0, 0.1) is 0 Å². The molecule has 24 heavy (non-hydrogen) atoms. The molecule has 1 aliphatic heterocycles. The molecule has 0 unspecified atom stereocenters. The summed E-state index contributed by atoms with van der Waals surface area (Å²) in [6.07, 6.45) is 1.77. The Labute approximate surface area is 144 Å². The van der Waals surface area contributed by atoms with Gasteiger partial charge in [0.05, 0.1) is 18.8 Å². The van der Waals surface area contributed by atoms with Gasteiger partial charge in [-0.3, -0.25) is 0 Å². The molecule has 0 spiro atoms. The number of benzene rings is 1. The molecule has 1 aromatic carbocycles. The molecule has 0 amide bonds. The van der Waals surface area contributed by atoms with Gasteiger partial charge in [0.1, 0.15) is 5.82 Å². The van der Waals surface area contributed by atoms with Gasteiger partial charge in [-0.05, 0) is 24.3 Å². The highest BCUT2D eigenvalue weighted by molar-refractivity contribution is 6.30. The summed E-state index contributed by atoms with van der Waals surface area (Å²) in [7, 11) is 0. The minimum atomic E-state index is 0.444. The Hall–Kier alpha value is -2.44. The number of nitrogens with zero attached hydrogens (tertiary/aromatic N) is 4. The highest BCUT2D eigenvalue weighted by atomic mass is 35.5. The zero-order valence-corrected chi connectivity index (χ0v) is 13.6. The van der Waals surface area contributed by atoms with Crippen molar-refractivity contribution in [3.63, 3.8) is 0 Å². The lowest BCUT2D eigenvalue weighted by atomic mass is 10.2. The Morgan fingerprint density at radius 3 is 2.79 bits per heavy atom. The van der Waals surface area contributed by atoms with Gasteiger partial charge in [-0.1, -0.05) is 28.9 Å². The maximum atomic E-state index is 6.03. The summed E-state index contributed by atoms with van der Waals surface area (Å²) in [5.74, 6) is 1.78. The van der Waals surface area contributed by atoms with Gasteiger partial charge in [0.15, 0.2) is 0 Å². The predicted molar refractivity (Wildman–Crippen MR) is 91.0 cm³/mol. The fourth-order valence-corrected chi connectivity index (χ4v) is 2.86. The molecular weight excluding hydrogens is 328 g/mol. The van der Waals surface area contributed by atoms with Crippen LogP contribution in [0.4, 0.5) is 5.82 Å². The van der Waals surface area contributed by atoms with Crippen molar-refractivity contribution in [3.05, 3.63) is 47.6 Å². The maximum absolute atomic E-state index is 6.03. The fourth-order valence-electron chi connectivity index (χ4n) is 2.67. The number of hydrogen-bond donors (Lipinski definition) is 0. The summed E-state index contributed by atoms with van der Waals surface area (Å²) in [5, 5.41) is 4.71. The van der Waals surface area contributed by atoms with Crippen LogP contribution in [0.15, 0.2) is 47.1 Å². The summed E-state index contributed by atoms with van der Waals surface area (Å²) in [4.78, 5) is 11.2. The monoisotopic (exact) mass is 342 g/mol. The van der Waals surface area contributed by atoms with Crippen molar-refractivity contribution >= 4 is 17.4 Å². The number of aromatic nitrogens is 3. The molecule has 6 nitrogen and oxygen atoms in total. The van der Waals surface area contributed by atoms with E-state index in [0.29, 0.717) is 30.0 Å². The van der Waals surface area contributed by atoms with Crippen LogP contribution in [0.25, 0.3) is 22.8 Å². The van der Waals surface area contributed by atoms with E-state index in [0.717, 1.165) is 30.0 Å². The molecule has 1 fully saturated rings. The number of rotatable bonds is 3. The molecule has 1 saturated heterocycles. The molecule has 1 aliphatic rings. The van der Waals surface area contributed by atoms with Crippen LogP contribution in [0.1, 0.15) is 0 Å². The molecule has 0 N–H and O–H groups in total. The van der Waals surface area contributed by atoms with Crippen molar-refractivity contribution in [1.82, 2.24) is 15.1 Å². The topological polar surface area (TPSA) is 64.3 Å². The molecule has 3 heterocycles. The second-order valence-electron chi connectivity index (χ2n) is 5.41. The van der Waals surface area contributed by atoms with Gasteiger partial charge in [0, 0.05) is 29.9 Å². The summed E-state index contributed by atoms with van der Waals surface area (Å²) in [6.45, 7) is 2.96. The van der Waals surface area contributed by atoms with Crippen LogP contribution >= 0.6 is 11.6 Å². The van der Waals surface area contributed by atoms with Crippen molar-refractivity contribution < 1.29 is 9.26 Å². The van der Waals surface area contributed by atoms with Crippen molar-refractivity contribution in [2.75, 3.05) is 31.2 Å². The molecule has 0 atom stereocenters. The van der Waals surface area contributed by atoms with E-state index < -0.39 is 0 Å². The van der Waals surface area contributed by atoms with Gasteiger partial charge >= 0.3 is 0 Å². The van der Waals surface area contributed by atoms with Crippen LogP contribution in [0.5, 0.6) is 0 Å². The summed E-state index contributed by atoms with van der Waals surface area (Å²) >= 11 is 6.03. The zero-order valence-electron chi connectivity index (χ0n) is 12.9. The SMILES string of the molecule is Clc1cccc(-c2noc(-c3cccnc3N3CCOCC3)n2)c1. The van der Waals surface area contributed by atoms with Crippen molar-refractivity contribution in [1.29, 1.82) is 0 Å². The lowest BCUT2D eigenvalue weighted by molar-refractivity contribution is 0.122. The van der Waals surface area contributed by atoms with Crippen molar-refractivity contribution in [2.45, 2.75) is 0 Å². The third kappa shape index (κ3) is 2.98. The van der Waals surface area contributed by atoms with Gasteiger partial charge in [-0.25, -0.2) is 4.98 Å². The molecule has 122 valence electrons. The first kappa shape index (κ1) is 15.1. The van der Waals surface area contributed by atoms with Gasteiger partial charge < -0.3 is 14.2 Å². The van der Waals surface area contributed by atoms with Gasteiger partial charge in [0.25, 0.3) is 5.89 Å². The number of pyridine rings is 1. The first-order valence-electron chi connectivity index (χ1n) is 7.69. The Bertz CT molecular complexity index is 846. The number of halogens is 1. The van der Waals surface area contributed by atoms with Crippen LogP contribution in [-0.4, -0.2) is 41.4 Å². The fraction of sp³-hybridized carbons (Fsp3) is 0.235. The van der Waals surface area contributed by atoms with Crippen LogP contribution in [0.2, 0.25) is 5.02 Å².